The number of likely N-dealkylation sites (N-methyl/N-ethyl adjacent to an activating group) is 1. The summed E-state index contributed by atoms with van der Waals surface area (Å²) in [6, 6.07) is 9.15. The summed E-state index contributed by atoms with van der Waals surface area (Å²) in [7, 11) is 3.98. The Labute approximate surface area is 193 Å². The highest BCUT2D eigenvalue weighted by molar-refractivity contribution is 14.0. The second kappa shape index (κ2) is 12.1. The number of nitrogens with zero attached hydrogens (tertiary/aromatic N) is 3. The number of guanidine groups is 1. The Morgan fingerprint density at radius 2 is 2.11 bits per heavy atom. The van der Waals surface area contributed by atoms with Crippen LogP contribution in [0.15, 0.2) is 34.6 Å². The topological polar surface area (TPSA) is 40.1 Å². The molecule has 3 rings (SSSR count). The van der Waals surface area contributed by atoms with Gasteiger partial charge in [0.1, 0.15) is 0 Å². The largest absolute Gasteiger partial charge is 0.379 e. The summed E-state index contributed by atoms with van der Waals surface area (Å²) in [5.74, 6) is 0.957. The molecule has 0 aromatic carbocycles. The van der Waals surface area contributed by atoms with E-state index in [0.717, 1.165) is 51.8 Å². The van der Waals surface area contributed by atoms with Crippen LogP contribution in [0.5, 0.6) is 0 Å². The van der Waals surface area contributed by atoms with E-state index in [1.54, 1.807) is 0 Å². The van der Waals surface area contributed by atoms with Gasteiger partial charge in [0.2, 0.25) is 0 Å². The Morgan fingerprint density at radius 1 is 1.32 bits per heavy atom. The van der Waals surface area contributed by atoms with Crippen LogP contribution >= 0.6 is 46.7 Å². The van der Waals surface area contributed by atoms with Crippen molar-refractivity contribution in [1.82, 2.24) is 15.1 Å². The third-order valence-corrected chi connectivity index (χ3v) is 6.91. The molecule has 1 aliphatic rings. The summed E-state index contributed by atoms with van der Waals surface area (Å²) in [5, 5.41) is 5.75. The maximum atomic E-state index is 5.55. The van der Waals surface area contributed by atoms with Crippen molar-refractivity contribution in [1.29, 1.82) is 0 Å². The SMILES string of the molecule is CN=C(NCC(c1ccc(C)s1)N1CCOCC1)N(C)CCc1cccs1.I. The molecule has 2 aromatic rings. The molecule has 1 N–H and O–H groups in total. The molecule has 0 bridgehead atoms. The first-order valence-corrected chi connectivity index (χ1v) is 11.2. The van der Waals surface area contributed by atoms with E-state index >= 15 is 0 Å². The van der Waals surface area contributed by atoms with Crippen LogP contribution in [0.1, 0.15) is 20.7 Å². The first kappa shape index (κ1) is 23.6. The third kappa shape index (κ3) is 6.69. The predicted molar refractivity (Wildman–Crippen MR) is 132 cm³/mol. The lowest BCUT2D eigenvalue weighted by atomic mass is 10.2. The van der Waals surface area contributed by atoms with Gasteiger partial charge in [-0.25, -0.2) is 0 Å². The van der Waals surface area contributed by atoms with Gasteiger partial charge in [-0.2, -0.15) is 0 Å². The first-order chi connectivity index (χ1) is 13.2. The summed E-state index contributed by atoms with van der Waals surface area (Å²) in [6.45, 7) is 7.59. The van der Waals surface area contributed by atoms with Crippen molar-refractivity contribution in [3.8, 4) is 0 Å². The average molecular weight is 535 g/mol. The summed E-state index contributed by atoms with van der Waals surface area (Å²) in [5.41, 5.74) is 0. The van der Waals surface area contributed by atoms with Gasteiger partial charge in [-0.15, -0.1) is 46.7 Å². The Hall–Kier alpha value is -0.680. The molecule has 156 valence electrons. The van der Waals surface area contributed by atoms with Gasteiger partial charge in [-0.05, 0) is 36.9 Å². The molecule has 1 fully saturated rings. The molecule has 3 heterocycles. The highest BCUT2D eigenvalue weighted by atomic mass is 127. The molecule has 1 atom stereocenters. The molecule has 2 aromatic heterocycles. The molecule has 8 heteroatoms. The van der Waals surface area contributed by atoms with Gasteiger partial charge in [0, 0.05) is 54.9 Å². The highest BCUT2D eigenvalue weighted by Crippen LogP contribution is 2.28. The number of ether oxygens (including phenoxy) is 1. The van der Waals surface area contributed by atoms with E-state index in [0.29, 0.717) is 6.04 Å². The number of nitrogens with one attached hydrogen (secondary N) is 1. The monoisotopic (exact) mass is 534 g/mol. The van der Waals surface area contributed by atoms with Crippen molar-refractivity contribution < 1.29 is 4.74 Å². The van der Waals surface area contributed by atoms with Crippen molar-refractivity contribution in [2.45, 2.75) is 19.4 Å². The summed E-state index contributed by atoms with van der Waals surface area (Å²) < 4.78 is 5.55. The highest BCUT2D eigenvalue weighted by Gasteiger charge is 2.24. The van der Waals surface area contributed by atoms with Crippen LogP contribution in [0.2, 0.25) is 0 Å². The Bertz CT molecular complexity index is 714. The molecule has 1 aliphatic heterocycles. The number of hydrogen-bond acceptors (Lipinski definition) is 5. The van der Waals surface area contributed by atoms with Crippen molar-refractivity contribution in [3.05, 3.63) is 44.3 Å². The summed E-state index contributed by atoms with van der Waals surface area (Å²) >= 11 is 3.71. The maximum absolute atomic E-state index is 5.55. The van der Waals surface area contributed by atoms with Gasteiger partial charge in [-0.1, -0.05) is 6.07 Å². The molecule has 0 saturated carbocycles. The lowest BCUT2D eigenvalue weighted by molar-refractivity contribution is 0.0176. The van der Waals surface area contributed by atoms with Crippen LogP contribution in [0.4, 0.5) is 0 Å². The van der Waals surface area contributed by atoms with Gasteiger partial charge < -0.3 is 15.0 Å². The molecule has 0 radical (unpaired) electrons. The first-order valence-electron chi connectivity index (χ1n) is 9.49. The number of hydrogen-bond donors (Lipinski definition) is 1. The standard InChI is InChI=1S/C20H30N4OS2.HI/c1-16-6-7-19(27-16)18(24-10-12-25-13-11-24)15-22-20(21-2)23(3)9-8-17-5-4-14-26-17;/h4-7,14,18H,8-13,15H2,1-3H3,(H,21,22);1H. The second-order valence-electron chi connectivity index (χ2n) is 6.79. The molecule has 0 amide bonds. The normalized spacial score (nSPS) is 16.5. The molecular weight excluding hydrogens is 503 g/mol. The molecule has 5 nitrogen and oxygen atoms in total. The number of halogens is 1. The van der Waals surface area contributed by atoms with Gasteiger partial charge >= 0.3 is 0 Å². The fraction of sp³-hybridized carbons (Fsp3) is 0.550. The Kier molecular flexibility index (Phi) is 10.2. The van der Waals surface area contributed by atoms with E-state index in [4.69, 9.17) is 4.74 Å². The molecule has 28 heavy (non-hydrogen) atoms. The Balaban J connectivity index is 0.00000280. The quantitative estimate of drug-likeness (QED) is 0.333. The average Bonchev–Trinajstić information content (AvgIpc) is 3.36. The lowest BCUT2D eigenvalue weighted by Crippen LogP contribution is -2.46. The number of aliphatic imine (C=N–C) groups is 1. The zero-order valence-electron chi connectivity index (χ0n) is 16.9. The molecule has 0 spiro atoms. The molecular formula is C20H31IN4OS2. The van der Waals surface area contributed by atoms with Gasteiger partial charge in [0.15, 0.2) is 5.96 Å². The van der Waals surface area contributed by atoms with Crippen molar-refractivity contribution in [3.63, 3.8) is 0 Å². The number of thiophene rings is 2. The molecule has 1 unspecified atom stereocenters. The smallest absolute Gasteiger partial charge is 0.193 e. The van der Waals surface area contributed by atoms with Crippen LogP contribution in [-0.4, -0.2) is 69.2 Å². The van der Waals surface area contributed by atoms with Crippen molar-refractivity contribution >= 4 is 52.6 Å². The minimum absolute atomic E-state index is 0. The fourth-order valence-corrected chi connectivity index (χ4v) is 5.05. The second-order valence-corrected chi connectivity index (χ2v) is 9.14. The molecule has 0 aliphatic carbocycles. The van der Waals surface area contributed by atoms with E-state index in [1.807, 2.05) is 29.7 Å². The van der Waals surface area contributed by atoms with Crippen LogP contribution < -0.4 is 5.32 Å². The van der Waals surface area contributed by atoms with Crippen LogP contribution in [0.3, 0.4) is 0 Å². The van der Waals surface area contributed by atoms with Gasteiger partial charge in [0.25, 0.3) is 0 Å². The predicted octanol–water partition coefficient (Wildman–Crippen LogP) is 3.86. The fourth-order valence-electron chi connectivity index (χ4n) is 3.34. The van der Waals surface area contributed by atoms with Crippen LogP contribution in [0, 0.1) is 6.92 Å². The van der Waals surface area contributed by atoms with E-state index in [-0.39, 0.29) is 24.0 Å². The summed E-state index contributed by atoms with van der Waals surface area (Å²) in [4.78, 5) is 13.4. The van der Waals surface area contributed by atoms with Gasteiger partial charge in [-0.3, -0.25) is 9.89 Å². The number of morpholine rings is 1. The Morgan fingerprint density at radius 3 is 2.71 bits per heavy atom. The molecule has 1 saturated heterocycles. The maximum Gasteiger partial charge on any atom is 0.193 e. The minimum Gasteiger partial charge on any atom is -0.379 e. The van der Waals surface area contributed by atoms with E-state index in [1.165, 1.54) is 14.6 Å². The summed E-state index contributed by atoms with van der Waals surface area (Å²) in [6.07, 6.45) is 1.05. The zero-order valence-corrected chi connectivity index (χ0v) is 20.9. The van der Waals surface area contributed by atoms with Gasteiger partial charge in [0.05, 0.1) is 19.3 Å². The lowest BCUT2D eigenvalue weighted by Gasteiger charge is -2.35. The van der Waals surface area contributed by atoms with E-state index in [9.17, 15) is 0 Å². The number of aryl methyl sites for hydroxylation is 1. The minimum atomic E-state index is 0. The zero-order chi connectivity index (χ0) is 19.1. The van der Waals surface area contributed by atoms with E-state index in [2.05, 4.69) is 63.7 Å². The van der Waals surface area contributed by atoms with Crippen molar-refractivity contribution in [2.75, 3.05) is 53.5 Å². The van der Waals surface area contributed by atoms with E-state index < -0.39 is 0 Å². The number of rotatable bonds is 7. The van der Waals surface area contributed by atoms with Crippen LogP contribution in [0.25, 0.3) is 0 Å². The van der Waals surface area contributed by atoms with Crippen LogP contribution in [-0.2, 0) is 11.2 Å². The van der Waals surface area contributed by atoms with Crippen molar-refractivity contribution in [2.24, 2.45) is 4.99 Å². The third-order valence-electron chi connectivity index (χ3n) is 4.88.